The van der Waals surface area contributed by atoms with Gasteiger partial charge in [-0.3, -0.25) is 0 Å². The van der Waals surface area contributed by atoms with E-state index in [1.54, 1.807) is 0 Å². The Kier molecular flexibility index (Phi) is 6.39. The molecule has 6 heteroatoms. The van der Waals surface area contributed by atoms with E-state index in [9.17, 15) is 0 Å². The molecule has 7 aromatic carbocycles. The first-order chi connectivity index (χ1) is 24.8. The Hall–Kier alpha value is -6.92. The number of para-hydroxylation sites is 3. The second-order valence-corrected chi connectivity index (χ2v) is 12.3. The highest BCUT2D eigenvalue weighted by atomic mass is 16.3. The molecular formula is C44H27N5O. The van der Waals surface area contributed by atoms with Crippen molar-refractivity contribution in [1.82, 2.24) is 24.5 Å². The molecule has 0 saturated carbocycles. The third-order valence-electron chi connectivity index (χ3n) is 9.30. The second-order valence-electron chi connectivity index (χ2n) is 12.3. The van der Waals surface area contributed by atoms with Gasteiger partial charge in [0.2, 0.25) is 5.89 Å². The fraction of sp³-hybridized carbons (Fsp3) is 0. The van der Waals surface area contributed by atoms with E-state index in [0.717, 1.165) is 66.2 Å². The summed E-state index contributed by atoms with van der Waals surface area (Å²) in [5, 5.41) is 4.47. The number of hydrogen-bond acceptors (Lipinski definition) is 5. The van der Waals surface area contributed by atoms with Crippen LogP contribution in [0.5, 0.6) is 0 Å². The summed E-state index contributed by atoms with van der Waals surface area (Å²) in [5.41, 5.74) is 8.60. The summed E-state index contributed by atoms with van der Waals surface area (Å²) in [5.74, 6) is 2.50. The fourth-order valence-corrected chi connectivity index (χ4v) is 6.96. The molecule has 0 radical (unpaired) electrons. The van der Waals surface area contributed by atoms with Crippen LogP contribution in [0, 0.1) is 0 Å². The van der Waals surface area contributed by atoms with Crippen LogP contribution in [0.2, 0.25) is 0 Å². The van der Waals surface area contributed by atoms with Crippen LogP contribution in [-0.2, 0) is 0 Å². The van der Waals surface area contributed by atoms with E-state index in [0.29, 0.717) is 23.4 Å². The summed E-state index contributed by atoms with van der Waals surface area (Å²) in [4.78, 5) is 19.8. The Morgan fingerprint density at radius 2 is 1.00 bits per heavy atom. The number of benzene rings is 7. The molecule has 0 amide bonds. The van der Waals surface area contributed by atoms with Crippen molar-refractivity contribution in [2.75, 3.05) is 0 Å². The van der Waals surface area contributed by atoms with Gasteiger partial charge in [0.05, 0.1) is 16.7 Å². The van der Waals surface area contributed by atoms with Crippen molar-refractivity contribution in [2.24, 2.45) is 0 Å². The Labute approximate surface area is 287 Å². The lowest BCUT2D eigenvalue weighted by molar-refractivity contribution is 0.620. The van der Waals surface area contributed by atoms with Crippen LogP contribution in [0.25, 0.3) is 95.0 Å². The van der Waals surface area contributed by atoms with Crippen LogP contribution in [0.15, 0.2) is 168 Å². The first kappa shape index (κ1) is 28.1. The van der Waals surface area contributed by atoms with E-state index in [-0.39, 0.29) is 0 Å². The number of fused-ring (bicyclic) bond motifs is 5. The van der Waals surface area contributed by atoms with Crippen molar-refractivity contribution in [1.29, 1.82) is 0 Å². The van der Waals surface area contributed by atoms with Crippen molar-refractivity contribution in [3.8, 4) is 51.3 Å². The fourth-order valence-electron chi connectivity index (χ4n) is 6.96. The normalized spacial score (nSPS) is 11.6. The molecule has 6 nitrogen and oxygen atoms in total. The molecule has 0 saturated heterocycles. The van der Waals surface area contributed by atoms with Gasteiger partial charge >= 0.3 is 0 Å². The maximum absolute atomic E-state index is 6.20. The second kappa shape index (κ2) is 11.4. The van der Waals surface area contributed by atoms with Crippen molar-refractivity contribution in [2.45, 2.75) is 0 Å². The van der Waals surface area contributed by atoms with Crippen molar-refractivity contribution < 1.29 is 4.42 Å². The van der Waals surface area contributed by atoms with E-state index in [1.165, 1.54) is 5.39 Å². The molecule has 0 atom stereocenters. The molecule has 0 N–H and O–H groups in total. The molecule has 10 rings (SSSR count). The smallest absolute Gasteiger partial charge is 0.227 e. The summed E-state index contributed by atoms with van der Waals surface area (Å²) >= 11 is 0. The summed E-state index contributed by atoms with van der Waals surface area (Å²) < 4.78 is 8.55. The number of aromatic nitrogens is 5. The minimum absolute atomic E-state index is 0.600. The topological polar surface area (TPSA) is 69.6 Å². The van der Waals surface area contributed by atoms with Gasteiger partial charge in [0.25, 0.3) is 0 Å². The van der Waals surface area contributed by atoms with E-state index in [4.69, 9.17) is 24.4 Å². The van der Waals surface area contributed by atoms with Gasteiger partial charge in [0.15, 0.2) is 23.1 Å². The van der Waals surface area contributed by atoms with Gasteiger partial charge in [-0.1, -0.05) is 121 Å². The highest BCUT2D eigenvalue weighted by molar-refractivity contribution is 6.12. The number of oxazole rings is 1. The lowest BCUT2D eigenvalue weighted by atomic mass is 10.0. The van der Waals surface area contributed by atoms with Gasteiger partial charge < -0.3 is 8.98 Å². The Morgan fingerprint density at radius 3 is 1.74 bits per heavy atom. The van der Waals surface area contributed by atoms with Gasteiger partial charge in [-0.15, -0.1) is 0 Å². The van der Waals surface area contributed by atoms with Gasteiger partial charge in [0.1, 0.15) is 5.52 Å². The van der Waals surface area contributed by atoms with Crippen LogP contribution < -0.4 is 0 Å². The molecule has 0 fully saturated rings. The zero-order valence-electron chi connectivity index (χ0n) is 26.7. The van der Waals surface area contributed by atoms with Crippen LogP contribution in [0.1, 0.15) is 0 Å². The largest absolute Gasteiger partial charge is 0.436 e. The maximum atomic E-state index is 6.20. The first-order valence-corrected chi connectivity index (χ1v) is 16.6. The van der Waals surface area contributed by atoms with E-state index >= 15 is 0 Å². The molecule has 0 aliphatic heterocycles. The van der Waals surface area contributed by atoms with Crippen molar-refractivity contribution in [3.63, 3.8) is 0 Å². The zero-order chi connectivity index (χ0) is 33.0. The number of hydrogen-bond donors (Lipinski definition) is 0. The average Bonchev–Trinajstić information content (AvgIpc) is 3.77. The van der Waals surface area contributed by atoms with E-state index < -0.39 is 0 Å². The van der Waals surface area contributed by atoms with E-state index in [2.05, 4.69) is 83.4 Å². The highest BCUT2D eigenvalue weighted by Gasteiger charge is 2.19. The summed E-state index contributed by atoms with van der Waals surface area (Å²) in [6, 6.07) is 55.9. The lowest BCUT2D eigenvalue weighted by Crippen LogP contribution is -2.01. The maximum Gasteiger partial charge on any atom is 0.227 e. The molecule has 0 aliphatic carbocycles. The molecule has 3 heterocycles. The quantitative estimate of drug-likeness (QED) is 0.187. The average molecular weight is 642 g/mol. The van der Waals surface area contributed by atoms with Crippen molar-refractivity contribution >= 4 is 43.7 Å². The monoisotopic (exact) mass is 641 g/mol. The molecular weight excluding hydrogens is 615 g/mol. The summed E-state index contributed by atoms with van der Waals surface area (Å²) in [6.45, 7) is 0. The molecule has 0 unspecified atom stereocenters. The summed E-state index contributed by atoms with van der Waals surface area (Å²) in [6.07, 6.45) is 0. The minimum atomic E-state index is 0.600. The third-order valence-corrected chi connectivity index (χ3v) is 9.30. The molecule has 50 heavy (non-hydrogen) atoms. The molecule has 0 bridgehead atoms. The third kappa shape index (κ3) is 4.58. The predicted octanol–water partition coefficient (Wildman–Crippen LogP) is 10.9. The Morgan fingerprint density at radius 1 is 0.400 bits per heavy atom. The Balaban J connectivity index is 1.20. The first-order valence-electron chi connectivity index (χ1n) is 16.6. The molecule has 0 spiro atoms. The van der Waals surface area contributed by atoms with E-state index in [1.807, 2.05) is 84.9 Å². The molecule has 10 aromatic rings. The molecule has 0 aliphatic rings. The van der Waals surface area contributed by atoms with Gasteiger partial charge in [0, 0.05) is 38.4 Å². The minimum Gasteiger partial charge on any atom is -0.436 e. The Bertz CT molecular complexity index is 2780. The van der Waals surface area contributed by atoms with Crippen molar-refractivity contribution in [3.05, 3.63) is 164 Å². The highest BCUT2D eigenvalue weighted by Crippen LogP contribution is 2.39. The number of rotatable bonds is 5. The van der Waals surface area contributed by atoms with Gasteiger partial charge in [-0.2, -0.15) is 0 Å². The summed E-state index contributed by atoms with van der Waals surface area (Å²) in [7, 11) is 0. The SMILES string of the molecule is c1ccc(-c2nc(-c3ccccc3)nc(-c3ccc(-n4c5ccccc5c5ccc(-c6nc7ccccc7o6)cc54)c4ccccc34)n2)cc1. The zero-order valence-corrected chi connectivity index (χ0v) is 26.7. The molecule has 234 valence electrons. The van der Waals surface area contributed by atoms with Gasteiger partial charge in [-0.25, -0.2) is 19.9 Å². The van der Waals surface area contributed by atoms with Gasteiger partial charge in [-0.05, 0) is 47.9 Å². The van der Waals surface area contributed by atoms with Crippen LogP contribution in [0.3, 0.4) is 0 Å². The predicted molar refractivity (Wildman–Crippen MR) is 201 cm³/mol. The van der Waals surface area contributed by atoms with Crippen LogP contribution in [-0.4, -0.2) is 24.5 Å². The van der Waals surface area contributed by atoms with Crippen LogP contribution >= 0.6 is 0 Å². The van der Waals surface area contributed by atoms with Crippen LogP contribution in [0.4, 0.5) is 0 Å². The number of nitrogens with zero attached hydrogens (tertiary/aromatic N) is 5. The standard InChI is InChI=1S/C44H27N5O/c1-3-13-28(14-4-1)41-46-42(29-15-5-2-6-16-29)48-43(47-41)35-25-26-38(32-18-8-7-17-31(32)35)49-37-21-11-9-19-33(37)34-24-23-30(27-39(34)49)44-45-36-20-10-12-22-40(36)50-44/h1-27H. The molecule has 3 aromatic heterocycles. The lowest BCUT2D eigenvalue weighted by Gasteiger charge is -2.15.